The van der Waals surface area contributed by atoms with Crippen molar-refractivity contribution < 1.29 is 17.9 Å². The molecule has 2 N–H and O–H groups in total. The topological polar surface area (TPSA) is 71.9 Å². The van der Waals surface area contributed by atoms with Crippen molar-refractivity contribution in [3.8, 4) is 11.8 Å². The van der Waals surface area contributed by atoms with Gasteiger partial charge in [-0.2, -0.15) is 5.26 Å². The van der Waals surface area contributed by atoms with Gasteiger partial charge in [0, 0.05) is 18.3 Å². The highest BCUT2D eigenvalue weighted by Crippen LogP contribution is 2.31. The molecule has 1 rings (SSSR count). The number of alkyl halides is 3. The van der Waals surface area contributed by atoms with Gasteiger partial charge in [-0.25, -0.2) is 4.98 Å². The molecule has 0 aromatic carbocycles. The van der Waals surface area contributed by atoms with E-state index in [-0.39, 0.29) is 22.2 Å². The van der Waals surface area contributed by atoms with Gasteiger partial charge in [-0.1, -0.05) is 0 Å². The van der Waals surface area contributed by atoms with Crippen molar-refractivity contribution in [2.24, 2.45) is 5.73 Å². The fourth-order valence-corrected chi connectivity index (χ4v) is 1.80. The summed E-state index contributed by atoms with van der Waals surface area (Å²) in [5, 5.41) is 8.55. The zero-order valence-electron chi connectivity index (χ0n) is 8.38. The van der Waals surface area contributed by atoms with Crippen LogP contribution in [0.5, 0.6) is 5.75 Å². The molecule has 0 amide bonds. The first kappa shape index (κ1) is 14.0. The highest BCUT2D eigenvalue weighted by Gasteiger charge is 2.33. The molecule has 0 saturated heterocycles. The van der Waals surface area contributed by atoms with Crippen molar-refractivity contribution >= 4 is 22.6 Å². The number of pyridine rings is 1. The van der Waals surface area contributed by atoms with Crippen molar-refractivity contribution in [2.45, 2.75) is 19.3 Å². The summed E-state index contributed by atoms with van der Waals surface area (Å²) in [6.07, 6.45) is -3.54. The van der Waals surface area contributed by atoms with Crippen LogP contribution < -0.4 is 10.5 Å². The predicted octanol–water partition coefficient (Wildman–Crippen LogP) is 2.11. The van der Waals surface area contributed by atoms with Crippen molar-refractivity contribution in [2.75, 3.05) is 0 Å². The Morgan fingerprint density at radius 1 is 1.53 bits per heavy atom. The number of ether oxygens (including phenoxy) is 1. The largest absolute Gasteiger partial charge is 0.573 e. The van der Waals surface area contributed by atoms with E-state index in [4.69, 9.17) is 11.0 Å². The van der Waals surface area contributed by atoms with Crippen LogP contribution in [0, 0.1) is 15.0 Å². The lowest BCUT2D eigenvalue weighted by atomic mass is 10.1. The number of hydrogen-bond acceptors (Lipinski definition) is 4. The molecule has 0 radical (unpaired) electrons. The maximum atomic E-state index is 12.2. The van der Waals surface area contributed by atoms with E-state index in [0.29, 0.717) is 5.56 Å². The summed E-state index contributed by atoms with van der Waals surface area (Å²) in [4.78, 5) is 3.75. The molecule has 0 atom stereocenters. The first-order valence-corrected chi connectivity index (χ1v) is 5.46. The van der Waals surface area contributed by atoms with Crippen molar-refractivity contribution in [3.63, 3.8) is 0 Å². The Kier molecular flexibility index (Phi) is 4.53. The van der Waals surface area contributed by atoms with Crippen molar-refractivity contribution in [3.05, 3.63) is 21.0 Å². The molecule has 0 saturated carbocycles. The summed E-state index contributed by atoms with van der Waals surface area (Å²) in [7, 11) is 0. The second kappa shape index (κ2) is 5.50. The molecule has 8 heteroatoms. The van der Waals surface area contributed by atoms with Gasteiger partial charge in [0.25, 0.3) is 0 Å². The lowest BCUT2D eigenvalue weighted by Crippen LogP contribution is -2.20. The Bertz CT molecular complexity index is 456. The van der Waals surface area contributed by atoms with Gasteiger partial charge in [0.15, 0.2) is 5.75 Å². The average molecular weight is 357 g/mol. The highest BCUT2D eigenvalue weighted by atomic mass is 127. The minimum atomic E-state index is -4.81. The molecule has 4 nitrogen and oxygen atoms in total. The summed E-state index contributed by atoms with van der Waals surface area (Å²) in [6.45, 7) is -0.152. The molecule has 0 aliphatic carbocycles. The first-order valence-electron chi connectivity index (χ1n) is 4.38. The minimum Gasteiger partial charge on any atom is -0.403 e. The van der Waals surface area contributed by atoms with Gasteiger partial charge in [-0.15, -0.1) is 13.2 Å². The van der Waals surface area contributed by atoms with E-state index in [2.05, 4.69) is 9.72 Å². The summed E-state index contributed by atoms with van der Waals surface area (Å²) >= 11 is 1.62. The molecule has 17 heavy (non-hydrogen) atoms. The monoisotopic (exact) mass is 357 g/mol. The lowest BCUT2D eigenvalue weighted by Gasteiger charge is -2.15. The van der Waals surface area contributed by atoms with Crippen molar-refractivity contribution in [1.29, 1.82) is 5.26 Å². The SMILES string of the molecule is N#CCc1cnc(I)c(OC(F)(F)F)c1CN. The van der Waals surface area contributed by atoms with Crippen LogP contribution in [-0.4, -0.2) is 11.3 Å². The molecule has 0 spiro atoms. The molecular weight excluding hydrogens is 350 g/mol. The third-order valence-electron chi connectivity index (χ3n) is 1.87. The van der Waals surface area contributed by atoms with E-state index >= 15 is 0 Å². The standard InChI is InChI=1S/C9H7F3IN3O/c10-9(11,12)17-7-6(3-15)5(1-2-14)4-16-8(7)13/h4H,1,3,15H2. The fraction of sp³-hybridized carbons (Fsp3) is 0.333. The molecule has 1 aromatic rings. The second-order valence-corrected chi connectivity index (χ2v) is 3.99. The normalized spacial score (nSPS) is 11.1. The van der Waals surface area contributed by atoms with E-state index in [1.165, 1.54) is 6.20 Å². The lowest BCUT2D eigenvalue weighted by molar-refractivity contribution is -0.275. The van der Waals surface area contributed by atoms with E-state index < -0.39 is 12.1 Å². The number of hydrogen-bond donors (Lipinski definition) is 1. The van der Waals surface area contributed by atoms with Crippen LogP contribution in [0.1, 0.15) is 11.1 Å². The number of halogens is 4. The quantitative estimate of drug-likeness (QED) is 0.665. The molecule has 1 heterocycles. The summed E-state index contributed by atoms with van der Waals surface area (Å²) in [6, 6.07) is 1.83. The Hall–Kier alpha value is -1.08. The summed E-state index contributed by atoms with van der Waals surface area (Å²) in [5.74, 6) is -0.423. The second-order valence-electron chi connectivity index (χ2n) is 2.97. The zero-order valence-corrected chi connectivity index (χ0v) is 10.5. The van der Waals surface area contributed by atoms with E-state index in [0.717, 1.165) is 0 Å². The molecule has 0 aliphatic rings. The predicted molar refractivity (Wildman–Crippen MR) is 60.8 cm³/mol. The molecule has 0 aliphatic heterocycles. The maximum Gasteiger partial charge on any atom is 0.573 e. The number of nitrogens with zero attached hydrogens (tertiary/aromatic N) is 2. The summed E-state index contributed by atoms with van der Waals surface area (Å²) < 4.78 is 40.5. The number of rotatable bonds is 3. The van der Waals surface area contributed by atoms with Crippen LogP contribution >= 0.6 is 22.6 Å². The number of aromatic nitrogens is 1. The Labute approximate surface area is 109 Å². The van der Waals surface area contributed by atoms with Crippen LogP contribution in [0.3, 0.4) is 0 Å². The Morgan fingerprint density at radius 3 is 2.65 bits per heavy atom. The molecule has 0 fully saturated rings. The number of nitrogens with two attached hydrogens (primary N) is 1. The third-order valence-corrected chi connectivity index (χ3v) is 2.64. The molecular formula is C9H7F3IN3O. The van der Waals surface area contributed by atoms with Gasteiger partial charge in [0.05, 0.1) is 12.5 Å². The van der Waals surface area contributed by atoms with Gasteiger partial charge >= 0.3 is 6.36 Å². The molecule has 0 bridgehead atoms. The van der Waals surface area contributed by atoms with Crippen LogP contribution in [0.4, 0.5) is 13.2 Å². The highest BCUT2D eigenvalue weighted by molar-refractivity contribution is 14.1. The Balaban J connectivity index is 3.26. The van der Waals surface area contributed by atoms with Gasteiger partial charge in [-0.3, -0.25) is 0 Å². The smallest absolute Gasteiger partial charge is 0.403 e. The third kappa shape index (κ3) is 3.71. The van der Waals surface area contributed by atoms with E-state index in [1.54, 1.807) is 22.6 Å². The van der Waals surface area contributed by atoms with Gasteiger partial charge in [0.2, 0.25) is 0 Å². The number of nitriles is 1. The molecule has 1 aromatic heterocycles. The van der Waals surface area contributed by atoms with E-state index in [9.17, 15) is 13.2 Å². The Morgan fingerprint density at radius 2 is 2.18 bits per heavy atom. The minimum absolute atomic E-state index is 0.0575. The van der Waals surface area contributed by atoms with Crippen LogP contribution in [0.2, 0.25) is 0 Å². The summed E-state index contributed by atoms with van der Waals surface area (Å²) in [5.41, 5.74) is 5.88. The van der Waals surface area contributed by atoms with Crippen LogP contribution in [0.15, 0.2) is 6.20 Å². The van der Waals surface area contributed by atoms with Gasteiger partial charge in [0.1, 0.15) is 3.70 Å². The average Bonchev–Trinajstić information content (AvgIpc) is 2.22. The van der Waals surface area contributed by atoms with Crippen LogP contribution in [0.25, 0.3) is 0 Å². The molecule has 0 unspecified atom stereocenters. The first-order chi connectivity index (χ1) is 7.89. The van der Waals surface area contributed by atoms with Gasteiger partial charge in [-0.05, 0) is 28.2 Å². The molecule has 92 valence electrons. The zero-order chi connectivity index (χ0) is 13.1. The maximum absolute atomic E-state index is 12.2. The van der Waals surface area contributed by atoms with Gasteiger partial charge < -0.3 is 10.5 Å². The van der Waals surface area contributed by atoms with Crippen molar-refractivity contribution in [1.82, 2.24) is 4.98 Å². The van der Waals surface area contributed by atoms with Crippen LogP contribution in [-0.2, 0) is 13.0 Å². The van der Waals surface area contributed by atoms with E-state index in [1.807, 2.05) is 6.07 Å². The fourth-order valence-electron chi connectivity index (χ4n) is 1.22.